The van der Waals surface area contributed by atoms with Crippen molar-refractivity contribution >= 4 is 40.9 Å². The second-order valence-corrected chi connectivity index (χ2v) is 5.93. The molecule has 0 aliphatic carbocycles. The highest BCUT2D eigenvalue weighted by molar-refractivity contribution is 8.00. The topological polar surface area (TPSA) is 101 Å². The smallest absolute Gasteiger partial charge is 0.255 e. The molecule has 0 atom stereocenters. The third kappa shape index (κ3) is 3.19. The number of hydrogen-bond acceptors (Lipinski definition) is 4. The molecular formula is C16H13N3O3S. The first kappa shape index (κ1) is 15.1. The van der Waals surface area contributed by atoms with E-state index in [4.69, 9.17) is 5.73 Å². The van der Waals surface area contributed by atoms with Crippen LogP contribution >= 0.6 is 11.8 Å². The number of anilines is 2. The van der Waals surface area contributed by atoms with Gasteiger partial charge in [-0.05, 0) is 30.3 Å². The molecule has 1 aliphatic heterocycles. The van der Waals surface area contributed by atoms with Crippen molar-refractivity contribution in [2.75, 3.05) is 16.4 Å². The average molecular weight is 327 g/mol. The fraction of sp³-hybridized carbons (Fsp3) is 0.0625. The highest BCUT2D eigenvalue weighted by atomic mass is 32.2. The maximum absolute atomic E-state index is 12.4. The van der Waals surface area contributed by atoms with Crippen molar-refractivity contribution in [3.8, 4) is 0 Å². The normalized spacial score (nSPS) is 13.0. The van der Waals surface area contributed by atoms with Crippen LogP contribution in [0.1, 0.15) is 20.7 Å². The van der Waals surface area contributed by atoms with Gasteiger partial charge in [-0.2, -0.15) is 0 Å². The Morgan fingerprint density at radius 2 is 1.96 bits per heavy atom. The lowest BCUT2D eigenvalue weighted by atomic mass is 10.1. The number of amides is 3. The van der Waals surface area contributed by atoms with E-state index < -0.39 is 5.91 Å². The Kier molecular flexibility index (Phi) is 4.03. The average Bonchev–Trinajstić information content (AvgIpc) is 2.54. The van der Waals surface area contributed by atoms with Crippen molar-refractivity contribution in [3.05, 3.63) is 53.6 Å². The quantitative estimate of drug-likeness (QED) is 0.803. The molecule has 2 aromatic carbocycles. The Morgan fingerprint density at radius 3 is 2.74 bits per heavy atom. The van der Waals surface area contributed by atoms with Crippen LogP contribution in [0.25, 0.3) is 0 Å². The number of nitrogens with two attached hydrogens (primary N) is 1. The third-order valence-electron chi connectivity index (χ3n) is 3.32. The Morgan fingerprint density at radius 1 is 1.17 bits per heavy atom. The summed E-state index contributed by atoms with van der Waals surface area (Å²) in [5, 5.41) is 5.40. The van der Waals surface area contributed by atoms with Crippen LogP contribution in [0, 0.1) is 0 Å². The summed E-state index contributed by atoms with van der Waals surface area (Å²) < 4.78 is 0. The van der Waals surface area contributed by atoms with Crippen LogP contribution in [0.3, 0.4) is 0 Å². The number of primary amides is 1. The summed E-state index contributed by atoms with van der Waals surface area (Å²) in [7, 11) is 0. The number of carbonyl (C=O) groups is 3. The van der Waals surface area contributed by atoms with Crippen LogP contribution in [0.2, 0.25) is 0 Å². The first-order valence-corrected chi connectivity index (χ1v) is 7.80. The molecule has 0 spiro atoms. The molecule has 7 heteroatoms. The first-order valence-electron chi connectivity index (χ1n) is 6.81. The highest BCUT2D eigenvalue weighted by Crippen LogP contribution is 2.32. The zero-order chi connectivity index (χ0) is 16.4. The van der Waals surface area contributed by atoms with Crippen molar-refractivity contribution in [3.63, 3.8) is 0 Å². The van der Waals surface area contributed by atoms with E-state index in [9.17, 15) is 14.4 Å². The van der Waals surface area contributed by atoms with Gasteiger partial charge < -0.3 is 16.4 Å². The standard InChI is InChI=1S/C16H13N3O3S/c17-15(21)10-3-1-2-4-11(10)19-16(22)9-5-6-13-12(7-9)18-14(20)8-23-13/h1-7H,8H2,(H2,17,21)(H,18,20)(H,19,22). The summed E-state index contributed by atoms with van der Waals surface area (Å²) >= 11 is 1.42. The number of para-hydroxylation sites is 1. The number of fused-ring (bicyclic) bond motifs is 1. The first-order chi connectivity index (χ1) is 11.0. The molecule has 3 rings (SSSR count). The second kappa shape index (κ2) is 6.13. The molecular weight excluding hydrogens is 314 g/mol. The van der Waals surface area contributed by atoms with Crippen molar-refractivity contribution in [1.29, 1.82) is 0 Å². The van der Waals surface area contributed by atoms with Gasteiger partial charge in [0.1, 0.15) is 0 Å². The van der Waals surface area contributed by atoms with Crippen molar-refractivity contribution in [2.45, 2.75) is 4.90 Å². The lowest BCUT2D eigenvalue weighted by Crippen LogP contribution is -2.20. The largest absolute Gasteiger partial charge is 0.366 e. The summed E-state index contributed by atoms with van der Waals surface area (Å²) in [5.74, 6) is -0.731. The SMILES string of the molecule is NC(=O)c1ccccc1NC(=O)c1ccc2c(c1)NC(=O)CS2. The third-order valence-corrected chi connectivity index (χ3v) is 4.39. The monoisotopic (exact) mass is 327 g/mol. The molecule has 1 aliphatic rings. The summed E-state index contributed by atoms with van der Waals surface area (Å²) in [5.41, 5.74) is 6.88. The van der Waals surface area contributed by atoms with E-state index >= 15 is 0 Å². The molecule has 6 nitrogen and oxygen atoms in total. The second-order valence-electron chi connectivity index (χ2n) is 4.91. The van der Waals surface area contributed by atoms with Gasteiger partial charge in [-0.1, -0.05) is 12.1 Å². The van der Waals surface area contributed by atoms with E-state index in [1.165, 1.54) is 11.8 Å². The minimum Gasteiger partial charge on any atom is -0.366 e. The Hall–Kier alpha value is -2.80. The maximum Gasteiger partial charge on any atom is 0.255 e. The van der Waals surface area contributed by atoms with Crippen LogP contribution in [0.15, 0.2) is 47.4 Å². The Balaban J connectivity index is 1.86. The van der Waals surface area contributed by atoms with Gasteiger partial charge in [0.05, 0.1) is 22.7 Å². The Labute approximate surface area is 136 Å². The van der Waals surface area contributed by atoms with Gasteiger partial charge in [0, 0.05) is 10.5 Å². The summed E-state index contributed by atoms with van der Waals surface area (Å²) in [4.78, 5) is 36.1. The van der Waals surface area contributed by atoms with Gasteiger partial charge in [-0.25, -0.2) is 0 Å². The number of carbonyl (C=O) groups excluding carboxylic acids is 3. The molecule has 116 valence electrons. The van der Waals surface area contributed by atoms with Gasteiger partial charge in [-0.15, -0.1) is 11.8 Å². The van der Waals surface area contributed by atoms with Gasteiger partial charge >= 0.3 is 0 Å². The zero-order valence-corrected chi connectivity index (χ0v) is 12.8. The summed E-state index contributed by atoms with van der Waals surface area (Å²) in [6.07, 6.45) is 0. The summed E-state index contributed by atoms with van der Waals surface area (Å²) in [6, 6.07) is 11.6. The van der Waals surface area contributed by atoms with Crippen LogP contribution in [0.5, 0.6) is 0 Å². The van der Waals surface area contributed by atoms with Gasteiger partial charge in [0.15, 0.2) is 0 Å². The van der Waals surface area contributed by atoms with Crippen LogP contribution < -0.4 is 16.4 Å². The van der Waals surface area contributed by atoms with Crippen LogP contribution in [-0.2, 0) is 4.79 Å². The zero-order valence-electron chi connectivity index (χ0n) is 12.0. The molecule has 4 N–H and O–H groups in total. The molecule has 0 saturated heterocycles. The molecule has 1 heterocycles. The van der Waals surface area contributed by atoms with Gasteiger partial charge in [-0.3, -0.25) is 14.4 Å². The Bertz CT molecular complexity index is 820. The molecule has 3 amide bonds. The maximum atomic E-state index is 12.4. The summed E-state index contributed by atoms with van der Waals surface area (Å²) in [6.45, 7) is 0. The van der Waals surface area contributed by atoms with E-state index in [0.717, 1.165) is 4.90 Å². The van der Waals surface area contributed by atoms with Crippen LogP contribution in [-0.4, -0.2) is 23.5 Å². The predicted octanol–water partition coefficient (Wildman–Crippen LogP) is 2.08. The fourth-order valence-corrected chi connectivity index (χ4v) is 3.01. The molecule has 0 aromatic heterocycles. The fourth-order valence-electron chi connectivity index (χ4n) is 2.23. The van der Waals surface area contributed by atoms with E-state index in [-0.39, 0.29) is 17.4 Å². The lowest BCUT2D eigenvalue weighted by Gasteiger charge is -2.17. The van der Waals surface area contributed by atoms with Gasteiger partial charge in [0.2, 0.25) is 5.91 Å². The van der Waals surface area contributed by atoms with E-state index in [2.05, 4.69) is 10.6 Å². The number of thioether (sulfide) groups is 1. The van der Waals surface area contributed by atoms with E-state index in [1.807, 2.05) is 0 Å². The molecule has 0 saturated carbocycles. The van der Waals surface area contributed by atoms with Crippen molar-refractivity contribution in [2.24, 2.45) is 5.73 Å². The number of rotatable bonds is 3. The number of nitrogens with one attached hydrogen (secondary N) is 2. The molecule has 0 fully saturated rings. The molecule has 2 aromatic rings. The molecule has 0 radical (unpaired) electrons. The molecule has 0 unspecified atom stereocenters. The van der Waals surface area contributed by atoms with Crippen molar-refractivity contribution in [1.82, 2.24) is 0 Å². The highest BCUT2D eigenvalue weighted by Gasteiger charge is 2.18. The van der Waals surface area contributed by atoms with Gasteiger partial charge in [0.25, 0.3) is 11.8 Å². The minimum atomic E-state index is -0.616. The molecule has 23 heavy (non-hydrogen) atoms. The molecule has 0 bridgehead atoms. The minimum absolute atomic E-state index is 0.0980. The number of hydrogen-bond donors (Lipinski definition) is 3. The number of benzene rings is 2. The lowest BCUT2D eigenvalue weighted by molar-refractivity contribution is -0.113. The van der Waals surface area contributed by atoms with Crippen LogP contribution in [0.4, 0.5) is 11.4 Å². The van der Waals surface area contributed by atoms with E-state index in [1.54, 1.807) is 42.5 Å². The van der Waals surface area contributed by atoms with Crippen molar-refractivity contribution < 1.29 is 14.4 Å². The van der Waals surface area contributed by atoms with E-state index in [0.29, 0.717) is 22.7 Å². The predicted molar refractivity (Wildman–Crippen MR) is 88.7 cm³/mol.